The fraction of sp³-hybridized carbons (Fsp3) is 0.829. The molecule has 3 aliphatic carbocycles. The van der Waals surface area contributed by atoms with E-state index in [1.54, 1.807) is 5.57 Å². The second kappa shape index (κ2) is 11.7. The van der Waals surface area contributed by atoms with Crippen LogP contribution in [0.15, 0.2) is 35.5 Å². The molecule has 39 heavy (non-hydrogen) atoms. The molecule has 3 aliphatic rings. The Morgan fingerprint density at radius 3 is 2.28 bits per heavy atom. The Hall–Kier alpha value is -0.426. The zero-order chi connectivity index (χ0) is 29.6. The smallest absolute Gasteiger partial charge is 0.192 e. The van der Waals surface area contributed by atoms with E-state index in [4.69, 9.17) is 4.43 Å². The summed E-state index contributed by atoms with van der Waals surface area (Å²) in [4.78, 5) is 11.1. The number of hydrogen-bond donors (Lipinski definition) is 1. The van der Waals surface area contributed by atoms with Crippen molar-refractivity contribution in [3.8, 4) is 0 Å². The van der Waals surface area contributed by atoms with Gasteiger partial charge in [-0.3, -0.25) is 0 Å². The minimum atomic E-state index is -2.31. The van der Waals surface area contributed by atoms with Crippen molar-refractivity contribution >= 4 is 16.6 Å². The third-order valence-electron chi connectivity index (χ3n) is 12.5. The molecule has 0 aliphatic heterocycles. The zero-order valence-corrected chi connectivity index (χ0v) is 30.0. The van der Waals surface area contributed by atoms with Gasteiger partial charge in [0.25, 0.3) is 0 Å². The van der Waals surface area contributed by atoms with Crippen LogP contribution in [-0.2, 0) is 4.43 Å². The second-order valence-electron chi connectivity index (χ2n) is 16.7. The maximum Gasteiger partial charge on any atom is 0.192 e. The van der Waals surface area contributed by atoms with E-state index in [-0.39, 0.29) is 16.2 Å². The Kier molecular flexibility index (Phi) is 9.91. The molecule has 0 spiro atoms. The first kappa shape index (κ1) is 33.1. The Morgan fingerprint density at radius 2 is 1.72 bits per heavy atom. The lowest BCUT2D eigenvalue weighted by atomic mass is 9.61. The summed E-state index contributed by atoms with van der Waals surface area (Å²) in [6.07, 6.45) is 16.3. The summed E-state index contributed by atoms with van der Waals surface area (Å²) < 4.78 is 7.07. The lowest BCUT2D eigenvalue weighted by Gasteiger charge is -2.45. The molecule has 0 heterocycles. The summed E-state index contributed by atoms with van der Waals surface area (Å²) in [5.74, 6) is 2.83. The van der Waals surface area contributed by atoms with Crippen molar-refractivity contribution < 1.29 is 9.22 Å². The summed E-state index contributed by atoms with van der Waals surface area (Å²) in [7, 11) is -4.25. The molecular weight excluding hydrogens is 509 g/mol. The van der Waals surface area contributed by atoms with Crippen molar-refractivity contribution in [1.82, 2.24) is 0 Å². The largest absolute Gasteiger partial charge is 0.432 e. The standard InChI is InChI=1S/C35H64O2Si2/c1-14-25(2)30-19-20-31-28(16-15-21-35(30,31)9)18-17-27-22-29(24-34(7,8)38(10,11)36)26(3)32(23-27)37-39(12,13)33(4,5)6/h17-18,25,29-32,36H,3,14-16,19-24H2,1-2,4-13H3/b27-17+,28-18+/t25-,29+,30?,31?,32-,35-/m1/s1. The predicted octanol–water partition coefficient (Wildman–Crippen LogP) is 10.8. The molecular formula is C35H64O2Si2. The minimum absolute atomic E-state index is 0.0664. The highest BCUT2D eigenvalue weighted by atomic mass is 28.4. The molecule has 0 bridgehead atoms. The van der Waals surface area contributed by atoms with Gasteiger partial charge in [0.05, 0.1) is 6.10 Å². The molecule has 6 atom stereocenters. The SMILES string of the molecule is C=C1[C@H](CC(C)(C)[Si](C)(C)O)C/C(=C\C=C2/CCC[C@@]3(C)C2CCC3[C@H](C)CC)C[C@H]1O[Si](C)(C)C(C)(C)C. The van der Waals surface area contributed by atoms with Crippen molar-refractivity contribution in [3.63, 3.8) is 0 Å². The Morgan fingerprint density at radius 1 is 1.08 bits per heavy atom. The number of fused-ring (bicyclic) bond motifs is 1. The van der Waals surface area contributed by atoms with Gasteiger partial charge in [0, 0.05) is 0 Å². The van der Waals surface area contributed by atoms with Crippen LogP contribution >= 0.6 is 0 Å². The molecule has 0 aromatic carbocycles. The minimum Gasteiger partial charge on any atom is -0.432 e. The van der Waals surface area contributed by atoms with Crippen LogP contribution in [-0.4, -0.2) is 27.5 Å². The highest BCUT2D eigenvalue weighted by Crippen LogP contribution is 2.60. The van der Waals surface area contributed by atoms with Crippen LogP contribution in [0.2, 0.25) is 36.3 Å². The summed E-state index contributed by atoms with van der Waals surface area (Å²) in [5, 5.41) is 0.107. The first-order valence-electron chi connectivity index (χ1n) is 16.2. The van der Waals surface area contributed by atoms with Crippen LogP contribution < -0.4 is 0 Å². The van der Waals surface area contributed by atoms with Crippen LogP contribution in [0.3, 0.4) is 0 Å². The van der Waals surface area contributed by atoms with Crippen LogP contribution in [0.4, 0.5) is 0 Å². The van der Waals surface area contributed by atoms with Crippen LogP contribution in [0.25, 0.3) is 0 Å². The van der Waals surface area contributed by atoms with E-state index < -0.39 is 16.6 Å². The fourth-order valence-corrected chi connectivity index (χ4v) is 9.79. The average Bonchev–Trinajstić information content (AvgIpc) is 3.15. The van der Waals surface area contributed by atoms with Crippen LogP contribution in [0.5, 0.6) is 0 Å². The van der Waals surface area contributed by atoms with E-state index in [1.807, 2.05) is 0 Å². The van der Waals surface area contributed by atoms with Gasteiger partial charge in [-0.2, -0.15) is 0 Å². The van der Waals surface area contributed by atoms with E-state index in [9.17, 15) is 4.80 Å². The molecule has 3 saturated carbocycles. The van der Waals surface area contributed by atoms with Gasteiger partial charge in [0.15, 0.2) is 16.6 Å². The van der Waals surface area contributed by atoms with Crippen molar-refractivity contribution in [3.05, 3.63) is 35.5 Å². The summed E-state index contributed by atoms with van der Waals surface area (Å²) in [5.41, 5.74) is 5.00. The first-order chi connectivity index (χ1) is 17.7. The monoisotopic (exact) mass is 572 g/mol. The number of rotatable bonds is 8. The van der Waals surface area contributed by atoms with Gasteiger partial charge in [-0.05, 0) is 122 Å². The topological polar surface area (TPSA) is 29.5 Å². The number of allylic oxidation sites excluding steroid dienone is 3. The maximum atomic E-state index is 11.1. The third-order valence-corrected chi connectivity index (χ3v) is 20.5. The highest BCUT2D eigenvalue weighted by molar-refractivity contribution is 6.74. The van der Waals surface area contributed by atoms with E-state index in [2.05, 4.69) is 100 Å². The van der Waals surface area contributed by atoms with Gasteiger partial charge in [-0.1, -0.05) is 91.7 Å². The van der Waals surface area contributed by atoms with Gasteiger partial charge < -0.3 is 9.22 Å². The Balaban J connectivity index is 1.92. The Labute approximate surface area is 245 Å². The molecule has 0 amide bonds. The van der Waals surface area contributed by atoms with Crippen molar-refractivity contribution in [1.29, 1.82) is 0 Å². The predicted molar refractivity (Wildman–Crippen MR) is 176 cm³/mol. The molecule has 2 nitrogen and oxygen atoms in total. The normalized spacial score (nSPS) is 34.0. The quantitative estimate of drug-likeness (QED) is 0.231. The molecule has 0 aromatic rings. The molecule has 224 valence electrons. The molecule has 2 unspecified atom stereocenters. The molecule has 3 fully saturated rings. The number of hydrogen-bond acceptors (Lipinski definition) is 2. The van der Waals surface area contributed by atoms with Crippen LogP contribution in [0, 0.1) is 29.1 Å². The van der Waals surface area contributed by atoms with Gasteiger partial charge in [-0.15, -0.1) is 0 Å². The Bertz CT molecular complexity index is 903. The molecule has 0 aromatic heterocycles. The van der Waals surface area contributed by atoms with E-state index >= 15 is 0 Å². The summed E-state index contributed by atoms with van der Waals surface area (Å²) in [6, 6.07) is 0. The van der Waals surface area contributed by atoms with Crippen molar-refractivity contribution in [2.24, 2.45) is 29.1 Å². The van der Waals surface area contributed by atoms with Gasteiger partial charge in [-0.25, -0.2) is 0 Å². The van der Waals surface area contributed by atoms with E-state index in [0.29, 0.717) is 11.3 Å². The summed E-state index contributed by atoms with van der Waals surface area (Å²) in [6.45, 7) is 32.6. The first-order valence-corrected chi connectivity index (χ1v) is 22.1. The van der Waals surface area contributed by atoms with Gasteiger partial charge in [0.2, 0.25) is 0 Å². The fourth-order valence-electron chi connectivity index (χ4n) is 7.74. The van der Waals surface area contributed by atoms with Gasteiger partial charge >= 0.3 is 0 Å². The third kappa shape index (κ3) is 6.97. The second-order valence-corrected chi connectivity index (χ2v) is 26.0. The lowest BCUT2D eigenvalue weighted by Crippen LogP contribution is -2.46. The average molecular weight is 573 g/mol. The lowest BCUT2D eigenvalue weighted by molar-refractivity contribution is 0.0961. The molecule has 0 radical (unpaired) electrons. The van der Waals surface area contributed by atoms with E-state index in [1.165, 1.54) is 49.7 Å². The summed E-state index contributed by atoms with van der Waals surface area (Å²) >= 11 is 0. The van der Waals surface area contributed by atoms with E-state index in [0.717, 1.165) is 37.0 Å². The molecule has 4 heteroatoms. The molecule has 0 saturated heterocycles. The maximum absolute atomic E-state index is 11.1. The molecule has 1 N–H and O–H groups in total. The van der Waals surface area contributed by atoms with Crippen molar-refractivity contribution in [2.45, 2.75) is 156 Å². The van der Waals surface area contributed by atoms with Crippen LogP contribution in [0.1, 0.15) is 113 Å². The molecule has 3 rings (SSSR count). The van der Waals surface area contributed by atoms with Crippen molar-refractivity contribution in [2.75, 3.05) is 0 Å². The zero-order valence-electron chi connectivity index (χ0n) is 28.0. The highest BCUT2D eigenvalue weighted by Gasteiger charge is 2.50. The van der Waals surface area contributed by atoms with Gasteiger partial charge in [0.1, 0.15) is 0 Å².